The molecule has 0 saturated heterocycles. The molecule has 0 aliphatic heterocycles. The molecule has 1 aromatic rings. The number of hydrogen-bond acceptors (Lipinski definition) is 1. The highest BCUT2D eigenvalue weighted by atomic mass is 16.1. The molecule has 0 aromatic heterocycles. The summed E-state index contributed by atoms with van der Waals surface area (Å²) in [5.41, 5.74) is 4.20. The lowest BCUT2D eigenvalue weighted by atomic mass is 10.00. The number of carbonyl (C=O) groups excluding carboxylic acids is 1. The molecule has 0 radical (unpaired) electrons. The van der Waals surface area contributed by atoms with Crippen LogP contribution in [0.5, 0.6) is 0 Å². The first-order valence-electron chi connectivity index (χ1n) is 4.91. The minimum absolute atomic E-state index is 0.826. The molecule has 0 saturated carbocycles. The molecule has 0 unspecified atom stereocenters. The van der Waals surface area contributed by atoms with Gasteiger partial charge in [-0.05, 0) is 25.8 Å². The smallest absolute Gasteiger partial charge is 0.150 e. The van der Waals surface area contributed by atoms with E-state index in [4.69, 9.17) is 0 Å². The zero-order valence-electron chi connectivity index (χ0n) is 9.00. The molecule has 1 rings (SSSR count). The number of hydrogen-bond donors (Lipinski definition) is 0. The highest BCUT2D eigenvalue weighted by Crippen LogP contribution is 2.18. The summed E-state index contributed by atoms with van der Waals surface area (Å²) in [4.78, 5) is 10.9. The summed E-state index contributed by atoms with van der Waals surface area (Å²) in [5, 5.41) is 0. The van der Waals surface area contributed by atoms with Crippen LogP contribution >= 0.6 is 0 Å². The standard InChI is InChI=1S/C13H16O/c1-4-11(3)13(9-14)12-7-5-10(2)6-8-12/h5-9H,4H2,1-3H3/b13-11-. The predicted molar refractivity (Wildman–Crippen MR) is 60.1 cm³/mol. The van der Waals surface area contributed by atoms with Crippen molar-refractivity contribution in [1.82, 2.24) is 0 Å². The topological polar surface area (TPSA) is 17.1 Å². The van der Waals surface area contributed by atoms with Crippen molar-refractivity contribution in [2.45, 2.75) is 27.2 Å². The van der Waals surface area contributed by atoms with E-state index in [0.29, 0.717) is 0 Å². The molecule has 0 aliphatic carbocycles. The summed E-state index contributed by atoms with van der Waals surface area (Å²) in [6, 6.07) is 8.06. The lowest BCUT2D eigenvalue weighted by molar-refractivity contribution is -0.103. The van der Waals surface area contributed by atoms with Gasteiger partial charge in [-0.25, -0.2) is 0 Å². The quantitative estimate of drug-likeness (QED) is 0.525. The monoisotopic (exact) mass is 188 g/mol. The van der Waals surface area contributed by atoms with Crippen molar-refractivity contribution in [2.75, 3.05) is 0 Å². The molecule has 0 atom stereocenters. The maximum atomic E-state index is 10.9. The Hall–Kier alpha value is -1.37. The molecular weight excluding hydrogens is 172 g/mol. The minimum atomic E-state index is 0.826. The molecule has 0 fully saturated rings. The SMILES string of the molecule is CC/C(C)=C(/C=O)c1ccc(C)cc1. The van der Waals surface area contributed by atoms with Gasteiger partial charge in [-0.15, -0.1) is 0 Å². The van der Waals surface area contributed by atoms with Gasteiger partial charge in [0.1, 0.15) is 0 Å². The Labute approximate surface area is 85.5 Å². The van der Waals surface area contributed by atoms with Gasteiger partial charge in [0.2, 0.25) is 0 Å². The van der Waals surface area contributed by atoms with Crippen molar-refractivity contribution in [3.05, 3.63) is 41.0 Å². The predicted octanol–water partition coefficient (Wildman–Crippen LogP) is 3.38. The first kappa shape index (κ1) is 10.7. The first-order valence-corrected chi connectivity index (χ1v) is 4.91. The van der Waals surface area contributed by atoms with Gasteiger partial charge < -0.3 is 0 Å². The maximum absolute atomic E-state index is 10.9. The van der Waals surface area contributed by atoms with Gasteiger partial charge in [-0.3, -0.25) is 4.79 Å². The Kier molecular flexibility index (Phi) is 3.63. The summed E-state index contributed by atoms with van der Waals surface area (Å²) >= 11 is 0. The molecule has 14 heavy (non-hydrogen) atoms. The highest BCUT2D eigenvalue weighted by molar-refractivity contribution is 6.08. The number of aldehydes is 1. The van der Waals surface area contributed by atoms with E-state index in [-0.39, 0.29) is 0 Å². The molecule has 1 nitrogen and oxygen atoms in total. The van der Waals surface area contributed by atoms with Crippen molar-refractivity contribution in [1.29, 1.82) is 0 Å². The third kappa shape index (κ3) is 2.32. The van der Waals surface area contributed by atoms with E-state index in [0.717, 1.165) is 29.4 Å². The second-order valence-corrected chi connectivity index (χ2v) is 3.53. The Morgan fingerprint density at radius 1 is 1.29 bits per heavy atom. The second-order valence-electron chi connectivity index (χ2n) is 3.53. The molecule has 0 bridgehead atoms. The molecule has 0 N–H and O–H groups in total. The van der Waals surface area contributed by atoms with E-state index in [2.05, 4.69) is 6.92 Å². The Balaban J connectivity index is 3.14. The molecule has 0 amide bonds. The average molecular weight is 188 g/mol. The molecule has 74 valence electrons. The number of aryl methyl sites for hydroxylation is 1. The number of carbonyl (C=O) groups is 1. The van der Waals surface area contributed by atoms with Gasteiger partial charge in [0.25, 0.3) is 0 Å². The lowest BCUT2D eigenvalue weighted by Crippen LogP contribution is -1.90. The van der Waals surface area contributed by atoms with Crippen molar-refractivity contribution in [2.24, 2.45) is 0 Å². The Bertz CT molecular complexity index is 344. The molecular formula is C13H16O. The molecule has 1 heteroatoms. The van der Waals surface area contributed by atoms with Crippen molar-refractivity contribution in [3.63, 3.8) is 0 Å². The third-order valence-corrected chi connectivity index (χ3v) is 2.47. The zero-order chi connectivity index (χ0) is 10.6. The van der Waals surface area contributed by atoms with Crippen LogP contribution in [0.1, 0.15) is 31.4 Å². The first-order chi connectivity index (χ1) is 6.69. The van der Waals surface area contributed by atoms with Crippen LogP contribution in [0.3, 0.4) is 0 Å². The van der Waals surface area contributed by atoms with Crippen LogP contribution in [-0.2, 0) is 4.79 Å². The van der Waals surface area contributed by atoms with Crippen LogP contribution < -0.4 is 0 Å². The fourth-order valence-corrected chi connectivity index (χ4v) is 1.34. The number of allylic oxidation sites excluding steroid dienone is 2. The minimum Gasteiger partial charge on any atom is -0.298 e. The van der Waals surface area contributed by atoms with Crippen molar-refractivity contribution < 1.29 is 4.79 Å². The highest BCUT2D eigenvalue weighted by Gasteiger charge is 2.02. The third-order valence-electron chi connectivity index (χ3n) is 2.47. The number of benzene rings is 1. The largest absolute Gasteiger partial charge is 0.298 e. The Morgan fingerprint density at radius 3 is 2.29 bits per heavy atom. The van der Waals surface area contributed by atoms with E-state index in [1.807, 2.05) is 38.1 Å². The summed E-state index contributed by atoms with van der Waals surface area (Å²) in [5.74, 6) is 0. The fraction of sp³-hybridized carbons (Fsp3) is 0.308. The average Bonchev–Trinajstić information content (AvgIpc) is 2.21. The summed E-state index contributed by atoms with van der Waals surface area (Å²) in [7, 11) is 0. The fourth-order valence-electron chi connectivity index (χ4n) is 1.34. The van der Waals surface area contributed by atoms with E-state index < -0.39 is 0 Å². The van der Waals surface area contributed by atoms with Gasteiger partial charge in [0.15, 0.2) is 6.29 Å². The maximum Gasteiger partial charge on any atom is 0.150 e. The normalized spacial score (nSPS) is 12.2. The lowest BCUT2D eigenvalue weighted by Gasteiger charge is -2.05. The van der Waals surface area contributed by atoms with Crippen LogP contribution in [0.4, 0.5) is 0 Å². The van der Waals surface area contributed by atoms with Crippen LogP contribution in [0.2, 0.25) is 0 Å². The summed E-state index contributed by atoms with van der Waals surface area (Å²) < 4.78 is 0. The Morgan fingerprint density at radius 2 is 1.86 bits per heavy atom. The second kappa shape index (κ2) is 4.75. The van der Waals surface area contributed by atoms with E-state index in [1.54, 1.807) is 0 Å². The zero-order valence-corrected chi connectivity index (χ0v) is 9.00. The van der Waals surface area contributed by atoms with Gasteiger partial charge in [-0.1, -0.05) is 42.3 Å². The van der Waals surface area contributed by atoms with Crippen LogP contribution in [0.15, 0.2) is 29.8 Å². The molecule has 0 heterocycles. The van der Waals surface area contributed by atoms with Crippen LogP contribution in [0.25, 0.3) is 5.57 Å². The summed E-state index contributed by atoms with van der Waals surface area (Å²) in [6.45, 7) is 6.11. The van der Waals surface area contributed by atoms with E-state index >= 15 is 0 Å². The van der Waals surface area contributed by atoms with Crippen molar-refractivity contribution >= 4 is 11.9 Å². The summed E-state index contributed by atoms with van der Waals surface area (Å²) in [6.07, 6.45) is 1.87. The molecule has 0 aliphatic rings. The van der Waals surface area contributed by atoms with E-state index in [1.165, 1.54) is 5.56 Å². The number of rotatable bonds is 3. The van der Waals surface area contributed by atoms with Crippen molar-refractivity contribution in [3.8, 4) is 0 Å². The van der Waals surface area contributed by atoms with E-state index in [9.17, 15) is 4.79 Å². The van der Waals surface area contributed by atoms with Crippen LogP contribution in [0, 0.1) is 6.92 Å². The molecule has 1 aromatic carbocycles. The van der Waals surface area contributed by atoms with Crippen LogP contribution in [-0.4, -0.2) is 6.29 Å². The molecule has 0 spiro atoms. The van der Waals surface area contributed by atoms with Gasteiger partial charge >= 0.3 is 0 Å². The van der Waals surface area contributed by atoms with Gasteiger partial charge in [0.05, 0.1) is 0 Å². The van der Waals surface area contributed by atoms with Gasteiger partial charge in [-0.2, -0.15) is 0 Å². The van der Waals surface area contributed by atoms with Gasteiger partial charge in [0, 0.05) is 5.57 Å².